The predicted molar refractivity (Wildman–Crippen MR) is 121 cm³/mol. The molecule has 1 heterocycles. The molecule has 0 amide bonds. The van der Waals surface area contributed by atoms with Crippen LogP contribution in [0.3, 0.4) is 0 Å². The topological polar surface area (TPSA) is 55.3 Å². The van der Waals surface area contributed by atoms with Gasteiger partial charge in [0.15, 0.2) is 5.96 Å². The Morgan fingerprint density at radius 3 is 2.63 bits per heavy atom. The molecular formula is C20H34IN3O3. The highest BCUT2D eigenvalue weighted by molar-refractivity contribution is 14.0. The number of aliphatic imine (C=N–C) groups is 1. The average Bonchev–Trinajstić information content (AvgIpc) is 2.68. The van der Waals surface area contributed by atoms with Gasteiger partial charge < -0.3 is 24.4 Å². The van der Waals surface area contributed by atoms with Crippen molar-refractivity contribution in [2.24, 2.45) is 4.99 Å². The highest BCUT2D eigenvalue weighted by Crippen LogP contribution is 2.19. The minimum atomic E-state index is 0. The molecule has 0 aromatic heterocycles. The largest absolute Gasteiger partial charge is 0.497 e. The maximum absolute atomic E-state index is 5.78. The Bertz CT molecular complexity index is 549. The summed E-state index contributed by atoms with van der Waals surface area (Å²) in [6, 6.07) is 7.68. The van der Waals surface area contributed by atoms with Gasteiger partial charge in [0.05, 0.1) is 19.8 Å². The van der Waals surface area contributed by atoms with Gasteiger partial charge in [0.25, 0.3) is 0 Å². The lowest BCUT2D eigenvalue weighted by molar-refractivity contribution is 0.0264. The van der Waals surface area contributed by atoms with E-state index in [0.29, 0.717) is 12.7 Å². The summed E-state index contributed by atoms with van der Waals surface area (Å²) in [5.41, 5.74) is 0. The van der Waals surface area contributed by atoms with Crippen LogP contribution in [-0.2, 0) is 4.74 Å². The molecule has 0 unspecified atom stereocenters. The number of hydrogen-bond acceptors (Lipinski definition) is 4. The summed E-state index contributed by atoms with van der Waals surface area (Å²) in [5.74, 6) is 2.65. The molecule has 0 saturated carbocycles. The Kier molecular flexibility index (Phi) is 12.2. The Morgan fingerprint density at radius 1 is 1.22 bits per heavy atom. The van der Waals surface area contributed by atoms with Crippen molar-refractivity contribution in [3.8, 4) is 11.5 Å². The van der Waals surface area contributed by atoms with Crippen molar-refractivity contribution in [3.63, 3.8) is 0 Å². The van der Waals surface area contributed by atoms with Crippen LogP contribution in [0.2, 0.25) is 0 Å². The lowest BCUT2D eigenvalue weighted by atomic mass is 10.1. The number of likely N-dealkylation sites (tertiary alicyclic amines) is 1. The monoisotopic (exact) mass is 491 g/mol. The van der Waals surface area contributed by atoms with Crippen molar-refractivity contribution in [1.82, 2.24) is 10.2 Å². The third kappa shape index (κ3) is 8.55. The van der Waals surface area contributed by atoms with Gasteiger partial charge in [0, 0.05) is 45.3 Å². The van der Waals surface area contributed by atoms with E-state index in [1.54, 1.807) is 7.11 Å². The van der Waals surface area contributed by atoms with Crippen LogP contribution in [0.15, 0.2) is 29.3 Å². The number of rotatable bonds is 9. The van der Waals surface area contributed by atoms with E-state index < -0.39 is 0 Å². The molecule has 0 spiro atoms. The van der Waals surface area contributed by atoms with Crippen LogP contribution in [0, 0.1) is 0 Å². The number of nitrogens with zero attached hydrogens (tertiary/aromatic N) is 2. The molecule has 0 bridgehead atoms. The fourth-order valence-electron chi connectivity index (χ4n) is 3.03. The molecule has 1 fully saturated rings. The number of benzene rings is 1. The zero-order valence-corrected chi connectivity index (χ0v) is 19.1. The fraction of sp³-hybridized carbons (Fsp3) is 0.650. The van der Waals surface area contributed by atoms with Crippen LogP contribution in [-0.4, -0.2) is 63.5 Å². The van der Waals surface area contributed by atoms with Gasteiger partial charge in [-0.2, -0.15) is 0 Å². The van der Waals surface area contributed by atoms with E-state index in [1.807, 2.05) is 24.3 Å². The Balaban J connectivity index is 0.00000364. The number of methoxy groups -OCH3 is 1. The smallest absolute Gasteiger partial charge is 0.193 e. The Morgan fingerprint density at radius 2 is 1.96 bits per heavy atom. The minimum absolute atomic E-state index is 0. The Labute approximate surface area is 180 Å². The highest BCUT2D eigenvalue weighted by Gasteiger charge is 2.21. The molecule has 1 saturated heterocycles. The van der Waals surface area contributed by atoms with E-state index in [9.17, 15) is 0 Å². The first-order chi connectivity index (χ1) is 12.8. The molecule has 1 aliphatic heterocycles. The van der Waals surface area contributed by atoms with Crippen LogP contribution < -0.4 is 14.8 Å². The number of nitrogens with one attached hydrogen (secondary N) is 1. The molecule has 2 rings (SSSR count). The van der Waals surface area contributed by atoms with Crippen molar-refractivity contribution >= 4 is 29.9 Å². The number of halogens is 1. The summed E-state index contributed by atoms with van der Waals surface area (Å²) < 4.78 is 16.7. The summed E-state index contributed by atoms with van der Waals surface area (Å²) in [5, 5.41) is 3.40. The van der Waals surface area contributed by atoms with Gasteiger partial charge >= 0.3 is 0 Å². The molecule has 1 aliphatic rings. The lowest BCUT2D eigenvalue weighted by Crippen LogP contribution is -2.47. The van der Waals surface area contributed by atoms with Crippen molar-refractivity contribution in [1.29, 1.82) is 0 Å². The van der Waals surface area contributed by atoms with Gasteiger partial charge in [0.1, 0.15) is 11.5 Å². The van der Waals surface area contributed by atoms with E-state index in [2.05, 4.69) is 24.1 Å². The molecule has 7 heteroatoms. The van der Waals surface area contributed by atoms with Crippen molar-refractivity contribution in [2.75, 3.05) is 46.5 Å². The molecular weight excluding hydrogens is 457 g/mol. The van der Waals surface area contributed by atoms with Crippen LogP contribution in [0.4, 0.5) is 0 Å². The molecule has 1 aromatic carbocycles. The second kappa shape index (κ2) is 13.9. The molecule has 6 nitrogen and oxygen atoms in total. The molecule has 154 valence electrons. The maximum Gasteiger partial charge on any atom is 0.193 e. The van der Waals surface area contributed by atoms with Gasteiger partial charge in [-0.15, -0.1) is 24.0 Å². The van der Waals surface area contributed by atoms with Crippen LogP contribution in [0.5, 0.6) is 11.5 Å². The maximum atomic E-state index is 5.78. The van der Waals surface area contributed by atoms with E-state index >= 15 is 0 Å². The first-order valence-electron chi connectivity index (χ1n) is 9.68. The van der Waals surface area contributed by atoms with Crippen LogP contribution in [0.1, 0.15) is 33.1 Å². The van der Waals surface area contributed by atoms with Gasteiger partial charge in [-0.25, -0.2) is 0 Å². The van der Waals surface area contributed by atoms with Crippen LogP contribution >= 0.6 is 24.0 Å². The molecule has 0 radical (unpaired) electrons. The SMILES string of the molecule is CCNC(=NCCCOc1cccc(OC)c1)N1CCC(OCC)CC1.I. The number of ether oxygens (including phenoxy) is 3. The molecule has 0 atom stereocenters. The van der Waals surface area contributed by atoms with E-state index in [-0.39, 0.29) is 24.0 Å². The van der Waals surface area contributed by atoms with Gasteiger partial charge in [-0.3, -0.25) is 4.99 Å². The van der Waals surface area contributed by atoms with Gasteiger partial charge in [0.2, 0.25) is 0 Å². The van der Waals surface area contributed by atoms with Crippen molar-refractivity contribution < 1.29 is 14.2 Å². The average molecular weight is 491 g/mol. The summed E-state index contributed by atoms with van der Waals surface area (Å²) in [7, 11) is 1.66. The zero-order valence-electron chi connectivity index (χ0n) is 16.8. The first kappa shape index (κ1) is 23.8. The minimum Gasteiger partial charge on any atom is -0.497 e. The van der Waals surface area contributed by atoms with Gasteiger partial charge in [-0.05, 0) is 38.8 Å². The van der Waals surface area contributed by atoms with E-state index in [1.165, 1.54) is 0 Å². The number of piperidine rings is 1. The quantitative estimate of drug-likeness (QED) is 0.248. The highest BCUT2D eigenvalue weighted by atomic mass is 127. The fourth-order valence-corrected chi connectivity index (χ4v) is 3.03. The molecule has 0 aliphatic carbocycles. The Hall–Kier alpha value is -1.22. The van der Waals surface area contributed by atoms with Gasteiger partial charge in [-0.1, -0.05) is 6.07 Å². The summed E-state index contributed by atoms with van der Waals surface area (Å²) in [6.45, 7) is 9.23. The summed E-state index contributed by atoms with van der Waals surface area (Å²) >= 11 is 0. The summed E-state index contributed by atoms with van der Waals surface area (Å²) in [4.78, 5) is 7.09. The normalized spacial score (nSPS) is 15.2. The summed E-state index contributed by atoms with van der Waals surface area (Å²) in [6.07, 6.45) is 3.41. The zero-order chi connectivity index (χ0) is 18.6. The molecule has 1 aromatic rings. The predicted octanol–water partition coefficient (Wildman–Crippen LogP) is 3.55. The van der Waals surface area contributed by atoms with E-state index in [4.69, 9.17) is 19.2 Å². The standard InChI is InChI=1S/C20H33N3O3.HI/c1-4-21-20(23-13-10-17(11-14-23)25-5-2)22-12-7-15-26-19-9-6-8-18(16-19)24-3;/h6,8-9,16-17H,4-5,7,10-15H2,1-3H3,(H,21,22);1H. The molecule has 1 N–H and O–H groups in total. The van der Waals surface area contributed by atoms with E-state index in [0.717, 1.165) is 69.5 Å². The van der Waals surface area contributed by atoms with Crippen molar-refractivity contribution in [3.05, 3.63) is 24.3 Å². The second-order valence-corrected chi connectivity index (χ2v) is 6.26. The molecule has 27 heavy (non-hydrogen) atoms. The third-order valence-corrected chi connectivity index (χ3v) is 4.35. The number of hydrogen-bond donors (Lipinski definition) is 1. The first-order valence-corrected chi connectivity index (χ1v) is 9.68. The lowest BCUT2D eigenvalue weighted by Gasteiger charge is -2.34. The van der Waals surface area contributed by atoms with Crippen LogP contribution in [0.25, 0.3) is 0 Å². The third-order valence-electron chi connectivity index (χ3n) is 4.35. The van der Waals surface area contributed by atoms with Crippen molar-refractivity contribution in [2.45, 2.75) is 39.2 Å². The number of guanidine groups is 1. The second-order valence-electron chi connectivity index (χ2n) is 6.26.